The highest BCUT2D eigenvalue weighted by atomic mass is 35.5. The third-order valence-electron chi connectivity index (χ3n) is 9.03. The van der Waals surface area contributed by atoms with Gasteiger partial charge in [-0.05, 0) is 82.6 Å². The van der Waals surface area contributed by atoms with Crippen LogP contribution in [0.5, 0.6) is 23.0 Å². The number of halogens is 2. The van der Waals surface area contributed by atoms with E-state index in [1.54, 1.807) is 0 Å². The van der Waals surface area contributed by atoms with E-state index in [4.69, 9.17) is 42.1 Å². The van der Waals surface area contributed by atoms with Crippen molar-refractivity contribution in [3.63, 3.8) is 0 Å². The molecule has 0 aliphatic carbocycles. The smallest absolute Gasteiger partial charge is 0.163 e. The second-order valence-corrected chi connectivity index (χ2v) is 15.5. The van der Waals surface area contributed by atoms with Crippen LogP contribution in [-0.2, 0) is 10.8 Å². The maximum atomic E-state index is 7.61. The summed E-state index contributed by atoms with van der Waals surface area (Å²) in [4.78, 5) is 4.24. The fourth-order valence-corrected chi connectivity index (χ4v) is 6.79. The van der Waals surface area contributed by atoms with Crippen LogP contribution in [0, 0.1) is 0 Å². The number of hydrogen-bond acceptors (Lipinski definition) is 6. The first-order valence-electron chi connectivity index (χ1n) is 17.0. The molecule has 2 aliphatic rings. The highest BCUT2D eigenvalue weighted by Crippen LogP contribution is 2.50. The Kier molecular flexibility index (Phi) is 9.04. The summed E-state index contributed by atoms with van der Waals surface area (Å²) < 4.78 is 23.7. The van der Waals surface area contributed by atoms with Crippen molar-refractivity contribution in [2.75, 3.05) is 36.2 Å². The molecule has 0 unspecified atom stereocenters. The first kappa shape index (κ1) is 34.0. The zero-order valence-corrected chi connectivity index (χ0v) is 30.9. The average Bonchev–Trinajstić information content (AvgIpc) is 3.10. The highest BCUT2D eigenvalue weighted by Gasteiger charge is 2.27. The Labute approximate surface area is 305 Å². The van der Waals surface area contributed by atoms with E-state index in [0.29, 0.717) is 65.2 Å². The van der Waals surface area contributed by atoms with Crippen LogP contribution in [0.15, 0.2) is 97.1 Å². The lowest BCUT2D eigenvalue weighted by Crippen LogP contribution is -2.18. The predicted octanol–water partition coefficient (Wildman–Crippen LogP) is 12.1. The molecular weight excluding hydrogens is 667 g/mol. The number of nitrogens with zero attached hydrogens (tertiary/aromatic N) is 2. The SMILES string of the molecule is CC(C)(C)c1ccc(N(c2ccc(C(C)(C)C)cc2)c2cc(Cl)cc(N(c3ccc4c(c3)OCCO4)c3ccc4c(c3)OCCO4)c2Cl)cc1. The molecule has 0 N–H and O–H groups in total. The van der Waals surface area contributed by atoms with Crippen LogP contribution in [0.4, 0.5) is 34.1 Å². The molecule has 0 saturated heterocycles. The van der Waals surface area contributed by atoms with E-state index in [1.165, 1.54) is 11.1 Å². The van der Waals surface area contributed by atoms with Crippen LogP contribution in [-0.4, -0.2) is 26.4 Å². The van der Waals surface area contributed by atoms with Crippen molar-refractivity contribution >= 4 is 57.3 Å². The Morgan fingerprint density at radius 2 is 0.780 bits per heavy atom. The Bertz CT molecular complexity index is 1900. The molecule has 2 heterocycles. The van der Waals surface area contributed by atoms with E-state index >= 15 is 0 Å². The van der Waals surface area contributed by atoms with Crippen LogP contribution in [0.25, 0.3) is 0 Å². The van der Waals surface area contributed by atoms with E-state index in [2.05, 4.69) is 99.9 Å². The minimum absolute atomic E-state index is 0.00630. The summed E-state index contributed by atoms with van der Waals surface area (Å²) in [6.45, 7) is 15.3. The zero-order valence-electron chi connectivity index (χ0n) is 29.3. The number of ether oxygens (including phenoxy) is 4. The van der Waals surface area contributed by atoms with E-state index in [-0.39, 0.29) is 10.8 Å². The molecule has 0 atom stereocenters. The number of hydrogen-bond donors (Lipinski definition) is 0. The molecule has 0 amide bonds. The molecule has 0 aromatic heterocycles. The van der Waals surface area contributed by atoms with E-state index < -0.39 is 0 Å². The van der Waals surface area contributed by atoms with Gasteiger partial charge in [-0.15, -0.1) is 0 Å². The van der Waals surface area contributed by atoms with Gasteiger partial charge >= 0.3 is 0 Å². The summed E-state index contributed by atoms with van der Waals surface area (Å²) in [6.07, 6.45) is 0. The molecule has 50 heavy (non-hydrogen) atoms. The van der Waals surface area contributed by atoms with E-state index in [1.807, 2.05) is 48.5 Å². The molecule has 6 nitrogen and oxygen atoms in total. The van der Waals surface area contributed by atoms with Gasteiger partial charge in [0.15, 0.2) is 23.0 Å². The average molecular weight is 710 g/mol. The van der Waals surface area contributed by atoms with Gasteiger partial charge in [0.05, 0.1) is 27.8 Å². The topological polar surface area (TPSA) is 43.4 Å². The summed E-state index contributed by atoms with van der Waals surface area (Å²) in [5, 5.41) is 1.04. The lowest BCUT2D eigenvalue weighted by molar-refractivity contribution is 0.171. The van der Waals surface area contributed by atoms with Crippen molar-refractivity contribution in [2.45, 2.75) is 52.4 Å². The van der Waals surface area contributed by atoms with Gasteiger partial charge in [0, 0.05) is 28.5 Å². The minimum atomic E-state index is 0.00630. The molecule has 8 heteroatoms. The second kappa shape index (κ2) is 13.3. The van der Waals surface area contributed by atoms with Crippen molar-refractivity contribution in [2.24, 2.45) is 0 Å². The Morgan fingerprint density at radius 1 is 0.440 bits per heavy atom. The standard InChI is InChI=1S/C42H42Cl2N2O4/c1-41(2,3)27-7-11-30(12-8-27)45(31-13-9-28(10-14-31)42(4,5)6)34-23-29(43)24-35(40(34)44)46(32-15-17-36-38(25-32)49-21-19-47-36)33-16-18-37-39(26-33)50-22-20-48-37/h7-18,23-26H,19-22H2,1-6H3. The molecule has 0 spiro atoms. The molecule has 5 aromatic rings. The van der Waals surface area contributed by atoms with Gasteiger partial charge in [-0.25, -0.2) is 0 Å². The Morgan fingerprint density at radius 3 is 1.16 bits per heavy atom. The quantitative estimate of drug-likeness (QED) is 0.175. The number of rotatable bonds is 6. The first-order valence-corrected chi connectivity index (χ1v) is 17.7. The van der Waals surface area contributed by atoms with Crippen LogP contribution in [0.2, 0.25) is 10.0 Å². The van der Waals surface area contributed by atoms with Crippen molar-refractivity contribution in [3.8, 4) is 23.0 Å². The number of anilines is 6. The molecule has 0 fully saturated rings. The first-order chi connectivity index (χ1) is 23.9. The zero-order chi connectivity index (χ0) is 35.2. The predicted molar refractivity (Wildman–Crippen MR) is 205 cm³/mol. The third kappa shape index (κ3) is 6.79. The minimum Gasteiger partial charge on any atom is -0.486 e. The van der Waals surface area contributed by atoms with Gasteiger partial charge in [0.2, 0.25) is 0 Å². The van der Waals surface area contributed by atoms with Crippen LogP contribution in [0.3, 0.4) is 0 Å². The summed E-state index contributed by atoms with van der Waals surface area (Å²) >= 11 is 14.7. The Balaban J connectivity index is 1.42. The van der Waals surface area contributed by atoms with Gasteiger partial charge in [0.25, 0.3) is 0 Å². The molecule has 0 radical (unpaired) electrons. The van der Waals surface area contributed by atoms with Gasteiger partial charge < -0.3 is 28.7 Å². The summed E-state index contributed by atoms with van der Waals surface area (Å²) in [5.74, 6) is 2.72. The molecular formula is C42H42Cl2N2O4. The summed E-state index contributed by atoms with van der Waals surface area (Å²) in [7, 11) is 0. The largest absolute Gasteiger partial charge is 0.486 e. The Hall–Kier alpha value is -4.52. The van der Waals surface area contributed by atoms with Crippen molar-refractivity contribution in [1.82, 2.24) is 0 Å². The fourth-order valence-electron chi connectivity index (χ4n) is 6.30. The lowest BCUT2D eigenvalue weighted by Gasteiger charge is -2.32. The fraction of sp³-hybridized carbons (Fsp3) is 0.286. The van der Waals surface area contributed by atoms with Gasteiger partial charge in [0.1, 0.15) is 26.4 Å². The van der Waals surface area contributed by atoms with Gasteiger partial charge in [-0.2, -0.15) is 0 Å². The second-order valence-electron chi connectivity index (χ2n) is 14.7. The van der Waals surface area contributed by atoms with Gasteiger partial charge in [-0.1, -0.05) is 89.0 Å². The van der Waals surface area contributed by atoms with Crippen molar-refractivity contribution in [3.05, 3.63) is 118 Å². The van der Waals surface area contributed by atoms with Crippen molar-refractivity contribution in [1.29, 1.82) is 0 Å². The molecule has 258 valence electrons. The van der Waals surface area contributed by atoms with E-state index in [0.717, 1.165) is 28.4 Å². The molecule has 0 saturated carbocycles. The maximum absolute atomic E-state index is 7.61. The number of fused-ring (bicyclic) bond motifs is 2. The lowest BCUT2D eigenvalue weighted by atomic mass is 9.86. The maximum Gasteiger partial charge on any atom is 0.163 e. The van der Waals surface area contributed by atoms with Crippen LogP contribution in [0.1, 0.15) is 52.7 Å². The monoisotopic (exact) mass is 708 g/mol. The third-order valence-corrected chi connectivity index (χ3v) is 9.64. The molecule has 7 rings (SSSR count). The van der Waals surface area contributed by atoms with Crippen LogP contribution >= 0.6 is 23.2 Å². The van der Waals surface area contributed by atoms with Gasteiger partial charge in [-0.3, -0.25) is 0 Å². The highest BCUT2D eigenvalue weighted by molar-refractivity contribution is 6.38. The molecule has 5 aromatic carbocycles. The molecule has 0 bridgehead atoms. The number of benzene rings is 5. The summed E-state index contributed by atoms with van der Waals surface area (Å²) in [5.41, 5.74) is 7.47. The van der Waals surface area contributed by atoms with Crippen LogP contribution < -0.4 is 28.7 Å². The summed E-state index contributed by atoms with van der Waals surface area (Å²) in [6, 6.07) is 32.9. The van der Waals surface area contributed by atoms with E-state index in [9.17, 15) is 0 Å². The van der Waals surface area contributed by atoms with Crippen molar-refractivity contribution < 1.29 is 18.9 Å². The molecule has 2 aliphatic heterocycles. The normalized spacial score (nSPS) is 13.9.